The van der Waals surface area contributed by atoms with E-state index in [1.807, 2.05) is 6.92 Å². The molecule has 39 heavy (non-hydrogen) atoms. The number of ether oxygens (including phenoxy) is 4. The highest BCUT2D eigenvalue weighted by atomic mass is 79.9. The molecule has 2 amide bonds. The number of methoxy groups -OCH3 is 2. The Morgan fingerprint density at radius 3 is 2.44 bits per heavy atom. The van der Waals surface area contributed by atoms with E-state index in [1.165, 1.54) is 26.5 Å². The molecule has 0 unspecified atom stereocenters. The predicted octanol–water partition coefficient (Wildman–Crippen LogP) is 5.63. The van der Waals surface area contributed by atoms with E-state index in [9.17, 15) is 9.59 Å². The Labute approximate surface area is 244 Å². The molecule has 0 aromatic heterocycles. The Kier molecular flexibility index (Phi) is 11.3. The van der Waals surface area contributed by atoms with E-state index in [0.29, 0.717) is 55.2 Å². The van der Waals surface area contributed by atoms with Crippen LogP contribution in [0.25, 0.3) is 0 Å². The van der Waals surface area contributed by atoms with Gasteiger partial charge in [0.25, 0.3) is 11.8 Å². The fourth-order valence-corrected chi connectivity index (χ4v) is 4.35. The molecule has 0 radical (unpaired) electrons. The van der Waals surface area contributed by atoms with Gasteiger partial charge in [-0.25, -0.2) is 5.43 Å². The van der Waals surface area contributed by atoms with Crippen molar-refractivity contribution < 1.29 is 28.5 Å². The van der Waals surface area contributed by atoms with Gasteiger partial charge in [0, 0.05) is 21.2 Å². The summed E-state index contributed by atoms with van der Waals surface area (Å²) in [4.78, 5) is 24.6. The molecule has 0 aliphatic carbocycles. The van der Waals surface area contributed by atoms with Gasteiger partial charge in [-0.15, -0.1) is 0 Å². The molecule has 0 spiro atoms. The maximum absolute atomic E-state index is 12.4. The number of nitrogens with one attached hydrogen (secondary N) is 2. The average Bonchev–Trinajstić information content (AvgIpc) is 2.92. The molecular weight excluding hydrogens is 613 g/mol. The summed E-state index contributed by atoms with van der Waals surface area (Å²) in [6.45, 7) is 2.18. The molecule has 0 aliphatic rings. The molecule has 2 N–H and O–H groups in total. The van der Waals surface area contributed by atoms with Crippen LogP contribution in [-0.4, -0.2) is 45.4 Å². The summed E-state index contributed by atoms with van der Waals surface area (Å²) >= 11 is 15.7. The lowest BCUT2D eigenvalue weighted by Crippen LogP contribution is -2.34. The Morgan fingerprint density at radius 2 is 1.74 bits per heavy atom. The Balaban J connectivity index is 1.59. The third-order valence-electron chi connectivity index (χ3n) is 5.18. The van der Waals surface area contributed by atoms with Crippen molar-refractivity contribution in [3.05, 3.63) is 79.7 Å². The minimum absolute atomic E-state index is 0.202. The molecular formula is C27H26BrCl2N3O6. The van der Waals surface area contributed by atoms with E-state index in [2.05, 4.69) is 31.8 Å². The maximum Gasteiger partial charge on any atom is 0.259 e. The molecule has 9 nitrogen and oxygen atoms in total. The zero-order chi connectivity index (χ0) is 28.4. The van der Waals surface area contributed by atoms with Crippen LogP contribution in [-0.2, 0) is 11.4 Å². The van der Waals surface area contributed by atoms with Crippen LogP contribution in [0.5, 0.6) is 23.0 Å². The first-order valence-electron chi connectivity index (χ1n) is 11.6. The summed E-state index contributed by atoms with van der Waals surface area (Å²) in [5.74, 6) is 0.904. The zero-order valence-corrected chi connectivity index (χ0v) is 24.4. The largest absolute Gasteiger partial charge is 0.493 e. The molecule has 3 aromatic rings. The first kappa shape index (κ1) is 30.1. The quantitative estimate of drug-likeness (QED) is 0.197. The van der Waals surface area contributed by atoms with Crippen LogP contribution in [0.4, 0.5) is 0 Å². The normalized spacial score (nSPS) is 10.7. The first-order valence-corrected chi connectivity index (χ1v) is 13.2. The van der Waals surface area contributed by atoms with Crippen LogP contribution < -0.4 is 29.7 Å². The molecule has 0 atom stereocenters. The number of hydrogen-bond donors (Lipinski definition) is 2. The third kappa shape index (κ3) is 8.51. The second-order valence-electron chi connectivity index (χ2n) is 7.83. The van der Waals surface area contributed by atoms with Crippen molar-refractivity contribution in [3.8, 4) is 23.0 Å². The number of carbonyl (C=O) groups excluding carboxylic acids is 2. The van der Waals surface area contributed by atoms with Crippen molar-refractivity contribution >= 4 is 57.2 Å². The van der Waals surface area contributed by atoms with Crippen molar-refractivity contribution in [1.82, 2.24) is 10.7 Å². The molecule has 0 fully saturated rings. The molecule has 3 aromatic carbocycles. The summed E-state index contributed by atoms with van der Waals surface area (Å²) in [7, 11) is 2.97. The fourth-order valence-electron chi connectivity index (χ4n) is 3.31. The lowest BCUT2D eigenvalue weighted by atomic mass is 10.2. The number of hydrazone groups is 1. The van der Waals surface area contributed by atoms with Gasteiger partial charge in [0.2, 0.25) is 0 Å². The van der Waals surface area contributed by atoms with Gasteiger partial charge in [-0.3, -0.25) is 9.59 Å². The first-order chi connectivity index (χ1) is 18.7. The highest BCUT2D eigenvalue weighted by Crippen LogP contribution is 2.37. The molecule has 12 heteroatoms. The van der Waals surface area contributed by atoms with Crippen LogP contribution in [0.15, 0.2) is 58.1 Å². The standard InChI is InChI=1S/C27H26BrCl2N3O6/c1-4-38-24-10-16(9-20(28)26(24)39-15-18-5-7-19(29)12-21(18)30)13-32-33-25(34)14-31-27(35)17-6-8-22(36-2)23(11-17)37-3/h5-13H,4,14-15H2,1-3H3,(H,31,35)(H,33,34). The van der Waals surface area contributed by atoms with Crippen molar-refractivity contribution in [2.24, 2.45) is 5.10 Å². The predicted molar refractivity (Wildman–Crippen MR) is 154 cm³/mol. The van der Waals surface area contributed by atoms with Gasteiger partial charge in [-0.05, 0) is 70.9 Å². The number of halogens is 3. The topological polar surface area (TPSA) is 107 Å². The zero-order valence-electron chi connectivity index (χ0n) is 21.3. The number of amides is 2. The van der Waals surface area contributed by atoms with Gasteiger partial charge in [0.1, 0.15) is 6.61 Å². The van der Waals surface area contributed by atoms with Gasteiger partial charge >= 0.3 is 0 Å². The Morgan fingerprint density at radius 1 is 0.974 bits per heavy atom. The minimum atomic E-state index is -0.510. The summed E-state index contributed by atoms with van der Waals surface area (Å²) < 4.78 is 22.7. The van der Waals surface area contributed by atoms with E-state index < -0.39 is 11.8 Å². The number of rotatable bonds is 12. The van der Waals surface area contributed by atoms with Crippen molar-refractivity contribution in [3.63, 3.8) is 0 Å². The van der Waals surface area contributed by atoms with Crippen molar-refractivity contribution in [2.45, 2.75) is 13.5 Å². The van der Waals surface area contributed by atoms with Crippen LogP contribution in [0.1, 0.15) is 28.4 Å². The summed E-state index contributed by atoms with van der Waals surface area (Å²) in [6, 6.07) is 13.4. The van der Waals surface area contributed by atoms with Crippen LogP contribution in [0.3, 0.4) is 0 Å². The highest BCUT2D eigenvalue weighted by molar-refractivity contribution is 9.10. The fraction of sp³-hybridized carbons (Fsp3) is 0.222. The Hall–Kier alpha value is -3.47. The average molecular weight is 639 g/mol. The van der Waals surface area contributed by atoms with E-state index >= 15 is 0 Å². The Bertz CT molecular complexity index is 1370. The molecule has 0 saturated heterocycles. The van der Waals surface area contributed by atoms with Crippen LogP contribution in [0.2, 0.25) is 10.0 Å². The van der Waals surface area contributed by atoms with Crippen LogP contribution in [0, 0.1) is 0 Å². The summed E-state index contributed by atoms with van der Waals surface area (Å²) in [6.07, 6.45) is 1.45. The summed E-state index contributed by atoms with van der Waals surface area (Å²) in [5.41, 5.74) is 4.10. The molecule has 206 valence electrons. The number of benzene rings is 3. The summed E-state index contributed by atoms with van der Waals surface area (Å²) in [5, 5.41) is 7.53. The third-order valence-corrected chi connectivity index (χ3v) is 6.35. The van der Waals surface area contributed by atoms with Gasteiger partial charge in [-0.2, -0.15) is 5.10 Å². The molecule has 0 bridgehead atoms. The molecule has 0 heterocycles. The second-order valence-corrected chi connectivity index (χ2v) is 9.53. The number of carbonyl (C=O) groups is 2. The minimum Gasteiger partial charge on any atom is -0.493 e. The highest BCUT2D eigenvalue weighted by Gasteiger charge is 2.14. The van der Waals surface area contributed by atoms with Gasteiger partial charge < -0.3 is 24.3 Å². The van der Waals surface area contributed by atoms with Gasteiger partial charge in [0.15, 0.2) is 23.0 Å². The molecule has 0 aliphatic heterocycles. The van der Waals surface area contributed by atoms with E-state index in [0.717, 1.165) is 5.56 Å². The van der Waals surface area contributed by atoms with Crippen molar-refractivity contribution in [2.75, 3.05) is 27.4 Å². The molecule has 0 saturated carbocycles. The maximum atomic E-state index is 12.4. The van der Waals surface area contributed by atoms with E-state index in [-0.39, 0.29) is 13.2 Å². The van der Waals surface area contributed by atoms with Crippen molar-refractivity contribution in [1.29, 1.82) is 0 Å². The SMILES string of the molecule is CCOc1cc(C=NNC(=O)CNC(=O)c2ccc(OC)c(OC)c2)cc(Br)c1OCc1ccc(Cl)cc1Cl. The van der Waals surface area contributed by atoms with Gasteiger partial charge in [0.05, 0.1) is 38.1 Å². The van der Waals surface area contributed by atoms with Crippen LogP contribution >= 0.6 is 39.1 Å². The lowest BCUT2D eigenvalue weighted by molar-refractivity contribution is -0.120. The van der Waals surface area contributed by atoms with E-state index in [1.54, 1.807) is 42.5 Å². The monoisotopic (exact) mass is 637 g/mol. The second kappa shape index (κ2) is 14.6. The van der Waals surface area contributed by atoms with E-state index in [4.69, 9.17) is 42.1 Å². The molecule has 3 rings (SSSR count). The number of nitrogens with zero attached hydrogens (tertiary/aromatic N) is 1. The smallest absolute Gasteiger partial charge is 0.259 e. The number of hydrogen-bond acceptors (Lipinski definition) is 7. The lowest BCUT2D eigenvalue weighted by Gasteiger charge is -2.15. The van der Waals surface area contributed by atoms with Gasteiger partial charge in [-0.1, -0.05) is 29.3 Å².